The lowest BCUT2D eigenvalue weighted by Gasteiger charge is -2.41. The molecular weight excluding hydrogens is 296 g/mol. The number of ether oxygens (including phenoxy) is 1. The van der Waals surface area contributed by atoms with Gasteiger partial charge in [0.05, 0.1) is 12.5 Å². The van der Waals surface area contributed by atoms with Gasteiger partial charge in [0.1, 0.15) is 12.4 Å². The topological polar surface area (TPSA) is 52.6 Å². The lowest BCUT2D eigenvalue weighted by atomic mass is 9.90. The fraction of sp³-hybridized carbons (Fsp3) is 0.882. The zero-order valence-electron chi connectivity index (χ0n) is 15.1. The second kappa shape index (κ2) is 7.26. The Hall–Kier alpha value is -0.683. The van der Waals surface area contributed by atoms with Crippen LogP contribution in [-0.2, 0) is 18.8 Å². The summed E-state index contributed by atoms with van der Waals surface area (Å²) in [5.41, 5.74) is 0. The van der Waals surface area contributed by atoms with E-state index < -0.39 is 8.32 Å². The average molecular weight is 329 g/mol. The highest BCUT2D eigenvalue weighted by atomic mass is 28.4. The van der Waals surface area contributed by atoms with Crippen molar-refractivity contribution in [2.75, 3.05) is 0 Å². The predicted octanol–water partition coefficient (Wildman–Crippen LogP) is 3.94. The molecule has 0 bridgehead atoms. The molecule has 0 N–H and O–H groups in total. The number of carbonyl (C=O) groups excluding carboxylic acids is 2. The largest absolute Gasteiger partial charge is 0.462 e. The second-order valence-electron chi connectivity index (χ2n) is 8.20. The van der Waals surface area contributed by atoms with Gasteiger partial charge in [-0.2, -0.15) is 0 Å². The normalized spacial score (nSPS) is 29.2. The highest BCUT2D eigenvalue weighted by Crippen LogP contribution is 2.39. The highest BCUT2D eigenvalue weighted by Gasteiger charge is 2.41. The van der Waals surface area contributed by atoms with Crippen LogP contribution < -0.4 is 0 Å². The minimum atomic E-state index is -1.91. The van der Waals surface area contributed by atoms with Crippen molar-refractivity contribution >= 4 is 20.6 Å². The van der Waals surface area contributed by atoms with Gasteiger partial charge in [-0.05, 0) is 36.9 Å². The molecule has 0 radical (unpaired) electrons. The summed E-state index contributed by atoms with van der Waals surface area (Å²) < 4.78 is 11.9. The van der Waals surface area contributed by atoms with Crippen LogP contribution in [0.5, 0.6) is 0 Å². The monoisotopic (exact) mass is 328 g/mol. The maximum atomic E-state index is 12.2. The number of rotatable bonds is 4. The number of carbonyl (C=O) groups is 2. The van der Waals surface area contributed by atoms with Crippen molar-refractivity contribution in [3.63, 3.8) is 0 Å². The zero-order chi connectivity index (χ0) is 17.1. The number of esters is 1. The van der Waals surface area contributed by atoms with E-state index in [1.165, 1.54) is 0 Å². The van der Waals surface area contributed by atoms with E-state index in [2.05, 4.69) is 40.8 Å². The van der Waals surface area contributed by atoms with Crippen molar-refractivity contribution in [3.05, 3.63) is 0 Å². The minimum Gasteiger partial charge on any atom is -0.462 e. The molecule has 4 nitrogen and oxygen atoms in total. The minimum absolute atomic E-state index is 0.0825. The second-order valence-corrected chi connectivity index (χ2v) is 13.0. The maximum absolute atomic E-state index is 12.2. The van der Waals surface area contributed by atoms with Crippen molar-refractivity contribution in [3.8, 4) is 0 Å². The first-order valence-corrected chi connectivity index (χ1v) is 11.2. The lowest BCUT2D eigenvalue weighted by Crippen LogP contribution is -2.47. The van der Waals surface area contributed by atoms with Crippen LogP contribution in [0, 0.1) is 11.8 Å². The van der Waals surface area contributed by atoms with Gasteiger partial charge in [-0.1, -0.05) is 34.6 Å². The SMILES string of the molecule is C[C@H](C=O)[C@@H]1CC[C@H](C)[C@H](O[Si](C)(C)C(C)(C)C)CC(=O)O1. The molecule has 1 fully saturated rings. The number of aldehydes is 1. The van der Waals surface area contributed by atoms with E-state index >= 15 is 0 Å². The molecule has 0 aromatic heterocycles. The van der Waals surface area contributed by atoms with Gasteiger partial charge in [0.25, 0.3) is 0 Å². The van der Waals surface area contributed by atoms with E-state index in [9.17, 15) is 9.59 Å². The molecule has 0 aliphatic carbocycles. The van der Waals surface area contributed by atoms with Crippen LogP contribution in [0.3, 0.4) is 0 Å². The summed E-state index contributed by atoms with van der Waals surface area (Å²) in [5, 5.41) is 0.119. The Balaban J connectivity index is 2.80. The first-order valence-electron chi connectivity index (χ1n) is 8.30. The Morgan fingerprint density at radius 1 is 1.32 bits per heavy atom. The third-order valence-electron chi connectivity index (χ3n) is 5.25. The van der Waals surface area contributed by atoms with Crippen molar-refractivity contribution in [2.24, 2.45) is 11.8 Å². The van der Waals surface area contributed by atoms with Crippen molar-refractivity contribution in [1.82, 2.24) is 0 Å². The Bertz CT molecular complexity index is 400. The van der Waals surface area contributed by atoms with Crippen molar-refractivity contribution in [2.45, 2.75) is 84.2 Å². The van der Waals surface area contributed by atoms with Crippen LogP contribution in [0.15, 0.2) is 0 Å². The lowest BCUT2D eigenvalue weighted by molar-refractivity contribution is -0.157. The maximum Gasteiger partial charge on any atom is 0.308 e. The van der Waals surface area contributed by atoms with E-state index in [0.717, 1.165) is 19.1 Å². The summed E-state index contributed by atoms with van der Waals surface area (Å²) in [7, 11) is -1.91. The standard InChI is InChI=1S/C17H32O4Si/c1-12-8-9-14(13(2)11-18)20-16(19)10-15(12)21-22(6,7)17(3,4)5/h11-15H,8-10H2,1-7H3/t12-,13+,14-,15+/m0/s1. The van der Waals surface area contributed by atoms with Crippen LogP contribution >= 0.6 is 0 Å². The zero-order valence-corrected chi connectivity index (χ0v) is 16.1. The summed E-state index contributed by atoms with van der Waals surface area (Å²) in [6, 6.07) is 0. The third kappa shape index (κ3) is 4.91. The smallest absolute Gasteiger partial charge is 0.308 e. The van der Waals surface area contributed by atoms with E-state index in [0.29, 0.717) is 5.92 Å². The third-order valence-corrected chi connectivity index (χ3v) is 9.75. The molecule has 0 spiro atoms. The molecule has 1 heterocycles. The first kappa shape index (κ1) is 19.4. The van der Waals surface area contributed by atoms with E-state index in [1.54, 1.807) is 6.92 Å². The molecule has 1 rings (SSSR count). The Labute approximate surface area is 136 Å². The molecule has 0 saturated carbocycles. The van der Waals surface area contributed by atoms with Gasteiger partial charge >= 0.3 is 5.97 Å². The van der Waals surface area contributed by atoms with Crippen LogP contribution in [0.4, 0.5) is 0 Å². The van der Waals surface area contributed by atoms with Crippen molar-refractivity contribution in [1.29, 1.82) is 0 Å². The molecule has 0 aromatic carbocycles. The highest BCUT2D eigenvalue weighted by molar-refractivity contribution is 6.74. The molecule has 0 unspecified atom stereocenters. The van der Waals surface area contributed by atoms with Gasteiger partial charge in [0.15, 0.2) is 8.32 Å². The van der Waals surface area contributed by atoms with Gasteiger partial charge in [-0.3, -0.25) is 4.79 Å². The molecule has 0 amide bonds. The quantitative estimate of drug-likeness (QED) is 0.445. The molecule has 5 heteroatoms. The van der Waals surface area contributed by atoms with Gasteiger partial charge in [-0.25, -0.2) is 0 Å². The molecular formula is C17H32O4Si. The average Bonchev–Trinajstić information content (AvgIpc) is 2.38. The predicted molar refractivity (Wildman–Crippen MR) is 90.2 cm³/mol. The van der Waals surface area contributed by atoms with Gasteiger partial charge in [0.2, 0.25) is 0 Å². The molecule has 0 aromatic rings. The Kier molecular flexibility index (Phi) is 6.39. The summed E-state index contributed by atoms with van der Waals surface area (Å²) in [4.78, 5) is 23.1. The van der Waals surface area contributed by atoms with Crippen LogP contribution in [-0.4, -0.2) is 32.8 Å². The van der Waals surface area contributed by atoms with Crippen LogP contribution in [0.25, 0.3) is 0 Å². The summed E-state index contributed by atoms with van der Waals surface area (Å²) in [6.07, 6.45) is 2.42. The van der Waals surface area contributed by atoms with Crippen LogP contribution in [0.1, 0.15) is 53.9 Å². The van der Waals surface area contributed by atoms with Gasteiger partial charge < -0.3 is 14.0 Å². The van der Waals surface area contributed by atoms with Gasteiger partial charge in [0, 0.05) is 5.92 Å². The first-order chi connectivity index (χ1) is 9.98. The molecule has 1 aliphatic heterocycles. The Morgan fingerprint density at radius 3 is 2.41 bits per heavy atom. The van der Waals surface area contributed by atoms with Crippen LogP contribution in [0.2, 0.25) is 18.1 Å². The summed E-state index contributed by atoms with van der Waals surface area (Å²) in [5.74, 6) is -0.189. The molecule has 1 saturated heterocycles. The van der Waals surface area contributed by atoms with E-state index in [1.807, 2.05) is 0 Å². The fourth-order valence-electron chi connectivity index (χ4n) is 2.43. The molecule has 22 heavy (non-hydrogen) atoms. The fourth-order valence-corrected chi connectivity index (χ4v) is 3.85. The molecule has 1 aliphatic rings. The van der Waals surface area contributed by atoms with Crippen molar-refractivity contribution < 1.29 is 18.8 Å². The molecule has 4 atom stereocenters. The van der Waals surface area contributed by atoms with E-state index in [-0.39, 0.29) is 35.6 Å². The van der Waals surface area contributed by atoms with Gasteiger partial charge in [-0.15, -0.1) is 0 Å². The Morgan fingerprint density at radius 2 is 1.91 bits per heavy atom. The summed E-state index contributed by atoms with van der Waals surface area (Å²) in [6.45, 7) is 15.0. The number of hydrogen-bond donors (Lipinski definition) is 0. The number of hydrogen-bond acceptors (Lipinski definition) is 4. The summed E-state index contributed by atoms with van der Waals surface area (Å²) >= 11 is 0. The van der Waals surface area contributed by atoms with E-state index in [4.69, 9.17) is 9.16 Å². The molecule has 128 valence electrons. The number of cyclic esters (lactones) is 1.